The number of carbonyl (C=O) groups excluding carboxylic acids is 1. The summed E-state index contributed by atoms with van der Waals surface area (Å²) in [4.78, 5) is 21.3. The molecule has 152 valence electrons. The molecule has 2 heterocycles. The molecule has 3 aromatic rings. The number of benzene rings is 2. The maximum Gasteiger partial charge on any atom is 0.260 e. The molecule has 0 atom stereocenters. The first-order chi connectivity index (χ1) is 14.1. The predicted octanol–water partition coefficient (Wildman–Crippen LogP) is 3.73. The van der Waals surface area contributed by atoms with Gasteiger partial charge in [0.05, 0.1) is 16.8 Å². The van der Waals surface area contributed by atoms with Gasteiger partial charge in [0.25, 0.3) is 5.91 Å². The third-order valence-electron chi connectivity index (χ3n) is 4.95. The van der Waals surface area contributed by atoms with Gasteiger partial charge >= 0.3 is 0 Å². The molecule has 0 bridgehead atoms. The molecular formula is C22H25N3O3S. The van der Waals surface area contributed by atoms with E-state index in [1.165, 1.54) is 5.56 Å². The number of anilines is 1. The van der Waals surface area contributed by atoms with Crippen molar-refractivity contribution in [3.05, 3.63) is 48.0 Å². The van der Waals surface area contributed by atoms with Crippen LogP contribution >= 0.6 is 11.3 Å². The summed E-state index contributed by atoms with van der Waals surface area (Å²) >= 11 is 1.67. The highest BCUT2D eigenvalue weighted by Gasteiger charge is 2.23. The minimum Gasteiger partial charge on any atom is -0.494 e. The zero-order valence-corrected chi connectivity index (χ0v) is 17.6. The number of amides is 1. The van der Waals surface area contributed by atoms with Gasteiger partial charge in [-0.2, -0.15) is 0 Å². The number of carbonyl (C=O) groups is 1. The van der Waals surface area contributed by atoms with Gasteiger partial charge in [-0.05, 0) is 44.2 Å². The quantitative estimate of drug-likeness (QED) is 0.619. The standard InChI is InChI=1S/C22H25N3O3S/c1-3-27-18-8-9-19-20(14-18)29-22(23-19)25-12-10-24(11-13-25)21(26)15-28-17-6-4-16(2)5-7-17/h4-9,14H,3,10-13,15H2,1-2H3. The highest BCUT2D eigenvalue weighted by Crippen LogP contribution is 2.32. The lowest BCUT2D eigenvalue weighted by Gasteiger charge is -2.34. The van der Waals surface area contributed by atoms with Crippen molar-refractivity contribution >= 4 is 32.6 Å². The van der Waals surface area contributed by atoms with E-state index in [-0.39, 0.29) is 12.5 Å². The van der Waals surface area contributed by atoms with Gasteiger partial charge in [0, 0.05) is 26.2 Å². The third-order valence-corrected chi connectivity index (χ3v) is 6.02. The number of aromatic nitrogens is 1. The molecule has 1 saturated heterocycles. The lowest BCUT2D eigenvalue weighted by Crippen LogP contribution is -2.50. The van der Waals surface area contributed by atoms with Crippen molar-refractivity contribution in [1.29, 1.82) is 0 Å². The van der Waals surface area contributed by atoms with E-state index in [1.807, 2.05) is 61.2 Å². The van der Waals surface area contributed by atoms with Crippen LogP contribution in [0.15, 0.2) is 42.5 Å². The van der Waals surface area contributed by atoms with Gasteiger partial charge in [-0.3, -0.25) is 4.79 Å². The van der Waals surface area contributed by atoms with Crippen LogP contribution in [0, 0.1) is 6.92 Å². The van der Waals surface area contributed by atoms with Crippen molar-refractivity contribution in [2.45, 2.75) is 13.8 Å². The van der Waals surface area contributed by atoms with Crippen molar-refractivity contribution in [1.82, 2.24) is 9.88 Å². The summed E-state index contributed by atoms with van der Waals surface area (Å²) in [7, 11) is 0. The molecule has 0 radical (unpaired) electrons. The third kappa shape index (κ3) is 4.62. The zero-order chi connectivity index (χ0) is 20.2. The van der Waals surface area contributed by atoms with Gasteiger partial charge in [-0.15, -0.1) is 0 Å². The Labute approximate surface area is 174 Å². The Balaban J connectivity index is 1.32. The molecule has 0 N–H and O–H groups in total. The smallest absolute Gasteiger partial charge is 0.260 e. The molecule has 6 nitrogen and oxygen atoms in total. The molecular weight excluding hydrogens is 386 g/mol. The van der Waals surface area contributed by atoms with Gasteiger partial charge in [-0.25, -0.2) is 4.98 Å². The number of hydrogen-bond donors (Lipinski definition) is 0. The number of aryl methyl sites for hydroxylation is 1. The molecule has 29 heavy (non-hydrogen) atoms. The average Bonchev–Trinajstić information content (AvgIpc) is 3.17. The second kappa shape index (κ2) is 8.69. The van der Waals surface area contributed by atoms with E-state index in [2.05, 4.69) is 4.90 Å². The maximum atomic E-state index is 12.5. The molecule has 0 aliphatic carbocycles. The zero-order valence-electron chi connectivity index (χ0n) is 16.8. The van der Waals surface area contributed by atoms with Crippen LogP contribution < -0.4 is 14.4 Å². The molecule has 1 amide bonds. The molecule has 0 spiro atoms. The summed E-state index contributed by atoms with van der Waals surface area (Å²) in [6.45, 7) is 7.63. The van der Waals surface area contributed by atoms with Crippen molar-refractivity contribution in [2.24, 2.45) is 0 Å². The van der Waals surface area contributed by atoms with E-state index in [4.69, 9.17) is 14.5 Å². The summed E-state index contributed by atoms with van der Waals surface area (Å²) in [6, 6.07) is 13.8. The molecule has 7 heteroatoms. The first kappa shape index (κ1) is 19.5. The summed E-state index contributed by atoms with van der Waals surface area (Å²) in [5, 5.41) is 0.997. The Morgan fingerprint density at radius 3 is 2.48 bits per heavy atom. The summed E-state index contributed by atoms with van der Waals surface area (Å²) < 4.78 is 12.3. The second-order valence-electron chi connectivity index (χ2n) is 7.03. The Morgan fingerprint density at radius 2 is 1.76 bits per heavy atom. The SMILES string of the molecule is CCOc1ccc2nc(N3CCN(C(=O)COc4ccc(C)cc4)CC3)sc2c1. The molecule has 4 rings (SSSR count). The van der Waals surface area contributed by atoms with Crippen LogP contribution in [0.5, 0.6) is 11.5 Å². The normalized spacial score (nSPS) is 14.3. The van der Waals surface area contributed by atoms with Gasteiger partial charge in [0.2, 0.25) is 0 Å². The number of nitrogens with zero attached hydrogens (tertiary/aromatic N) is 3. The van der Waals surface area contributed by atoms with E-state index in [0.29, 0.717) is 19.7 Å². The van der Waals surface area contributed by atoms with E-state index < -0.39 is 0 Å². The van der Waals surface area contributed by atoms with E-state index in [0.717, 1.165) is 39.9 Å². The minimum atomic E-state index is 0.0240. The van der Waals surface area contributed by atoms with Gasteiger partial charge in [0.15, 0.2) is 11.7 Å². The van der Waals surface area contributed by atoms with Crippen molar-refractivity contribution in [2.75, 3.05) is 44.3 Å². The monoisotopic (exact) mass is 411 g/mol. The van der Waals surface area contributed by atoms with Crippen LogP contribution in [0.4, 0.5) is 5.13 Å². The number of rotatable bonds is 6. The Morgan fingerprint density at radius 1 is 1.03 bits per heavy atom. The van der Waals surface area contributed by atoms with Crippen LogP contribution in [-0.2, 0) is 4.79 Å². The highest BCUT2D eigenvalue weighted by molar-refractivity contribution is 7.22. The number of thiazole rings is 1. The van der Waals surface area contributed by atoms with E-state index >= 15 is 0 Å². The highest BCUT2D eigenvalue weighted by atomic mass is 32.1. The molecule has 0 saturated carbocycles. The fraction of sp³-hybridized carbons (Fsp3) is 0.364. The largest absolute Gasteiger partial charge is 0.494 e. The van der Waals surface area contributed by atoms with Crippen LogP contribution in [0.25, 0.3) is 10.2 Å². The molecule has 1 aliphatic rings. The average molecular weight is 412 g/mol. The Hall–Kier alpha value is -2.80. The number of fused-ring (bicyclic) bond motifs is 1. The number of ether oxygens (including phenoxy) is 2. The molecule has 1 aromatic heterocycles. The summed E-state index contributed by atoms with van der Waals surface area (Å²) in [6.07, 6.45) is 0. The molecule has 1 aliphatic heterocycles. The summed E-state index contributed by atoms with van der Waals surface area (Å²) in [5.74, 6) is 1.62. The fourth-order valence-electron chi connectivity index (χ4n) is 3.30. The lowest BCUT2D eigenvalue weighted by molar-refractivity contribution is -0.133. The van der Waals surface area contributed by atoms with Crippen LogP contribution in [0.2, 0.25) is 0 Å². The van der Waals surface area contributed by atoms with Crippen LogP contribution in [-0.4, -0.2) is 55.2 Å². The van der Waals surface area contributed by atoms with Crippen LogP contribution in [0.3, 0.4) is 0 Å². The fourth-order valence-corrected chi connectivity index (χ4v) is 4.35. The second-order valence-corrected chi connectivity index (χ2v) is 8.04. The first-order valence-electron chi connectivity index (χ1n) is 9.88. The van der Waals surface area contributed by atoms with Gasteiger partial charge < -0.3 is 19.3 Å². The number of hydrogen-bond acceptors (Lipinski definition) is 6. The predicted molar refractivity (Wildman–Crippen MR) is 116 cm³/mol. The maximum absolute atomic E-state index is 12.5. The van der Waals surface area contributed by atoms with E-state index in [9.17, 15) is 4.79 Å². The summed E-state index contributed by atoms with van der Waals surface area (Å²) in [5.41, 5.74) is 2.15. The van der Waals surface area contributed by atoms with E-state index in [1.54, 1.807) is 11.3 Å². The van der Waals surface area contributed by atoms with Crippen molar-refractivity contribution in [3.8, 4) is 11.5 Å². The first-order valence-corrected chi connectivity index (χ1v) is 10.7. The lowest BCUT2D eigenvalue weighted by atomic mass is 10.2. The molecule has 0 unspecified atom stereocenters. The Kier molecular flexibility index (Phi) is 5.85. The minimum absolute atomic E-state index is 0.0240. The number of piperazine rings is 1. The Bertz CT molecular complexity index is 979. The van der Waals surface area contributed by atoms with Gasteiger partial charge in [-0.1, -0.05) is 29.0 Å². The van der Waals surface area contributed by atoms with Crippen molar-refractivity contribution in [3.63, 3.8) is 0 Å². The van der Waals surface area contributed by atoms with Crippen molar-refractivity contribution < 1.29 is 14.3 Å². The topological polar surface area (TPSA) is 54.9 Å². The van der Waals surface area contributed by atoms with Crippen LogP contribution in [0.1, 0.15) is 12.5 Å². The van der Waals surface area contributed by atoms with Gasteiger partial charge in [0.1, 0.15) is 11.5 Å². The molecule has 2 aromatic carbocycles. The molecule has 1 fully saturated rings.